The van der Waals surface area contributed by atoms with Crippen LogP contribution in [0.5, 0.6) is 0 Å². The summed E-state index contributed by atoms with van der Waals surface area (Å²) in [6.07, 6.45) is 1.86. The maximum absolute atomic E-state index is 12.0. The van der Waals surface area contributed by atoms with Gasteiger partial charge in [-0.1, -0.05) is 18.2 Å². The first-order valence-electron chi connectivity index (χ1n) is 7.20. The third kappa shape index (κ3) is 2.96. The largest absolute Gasteiger partial charge is 0.480 e. The van der Waals surface area contributed by atoms with Crippen molar-refractivity contribution in [3.63, 3.8) is 0 Å². The van der Waals surface area contributed by atoms with Gasteiger partial charge in [0.1, 0.15) is 6.04 Å². The molecule has 1 fully saturated rings. The third-order valence-electron chi connectivity index (χ3n) is 3.80. The lowest BCUT2D eigenvalue weighted by Gasteiger charge is -2.18. The summed E-state index contributed by atoms with van der Waals surface area (Å²) < 4.78 is 0. The number of carboxylic acids is 1. The van der Waals surface area contributed by atoms with E-state index in [1.54, 1.807) is 6.20 Å². The smallest absolute Gasteiger partial charge is 0.326 e. The number of carboxylic acid groups (broad SMARTS) is 1. The molecule has 1 aromatic carbocycles. The topological polar surface area (TPSA) is 115 Å². The Labute approximate surface area is 131 Å². The van der Waals surface area contributed by atoms with Crippen molar-refractivity contribution >= 4 is 28.9 Å². The highest BCUT2D eigenvalue weighted by atomic mass is 16.4. The van der Waals surface area contributed by atoms with Gasteiger partial charge in [-0.25, -0.2) is 19.3 Å². The van der Waals surface area contributed by atoms with Gasteiger partial charge in [0.05, 0.1) is 0 Å². The highest BCUT2D eigenvalue weighted by Crippen LogP contribution is 2.19. The number of para-hydroxylation sites is 1. The van der Waals surface area contributed by atoms with Gasteiger partial charge in [-0.3, -0.25) is 0 Å². The van der Waals surface area contributed by atoms with E-state index in [1.165, 1.54) is 0 Å². The Morgan fingerprint density at radius 2 is 2.13 bits per heavy atom. The van der Waals surface area contributed by atoms with Gasteiger partial charge < -0.3 is 20.7 Å². The molecule has 3 rings (SSSR count). The molecule has 4 amide bonds. The number of hydrogen-bond donors (Lipinski definition) is 4. The van der Waals surface area contributed by atoms with E-state index >= 15 is 0 Å². The molecule has 2 heterocycles. The second-order valence-electron chi connectivity index (χ2n) is 5.29. The maximum atomic E-state index is 12.0. The second-order valence-corrected chi connectivity index (χ2v) is 5.29. The van der Waals surface area contributed by atoms with Gasteiger partial charge in [-0.15, -0.1) is 0 Å². The molecule has 1 saturated heterocycles. The molecule has 23 heavy (non-hydrogen) atoms. The predicted molar refractivity (Wildman–Crippen MR) is 82.1 cm³/mol. The van der Waals surface area contributed by atoms with Crippen LogP contribution in [0.25, 0.3) is 10.9 Å². The van der Waals surface area contributed by atoms with Crippen LogP contribution in [0.2, 0.25) is 0 Å². The summed E-state index contributed by atoms with van der Waals surface area (Å²) in [5.41, 5.74) is 1.69. The number of carbonyl (C=O) groups excluding carboxylic acids is 2. The predicted octanol–water partition coefficient (Wildman–Crippen LogP) is 0.898. The Morgan fingerprint density at radius 1 is 1.35 bits per heavy atom. The number of amides is 4. The number of hydrogen-bond acceptors (Lipinski definition) is 3. The minimum absolute atomic E-state index is 0.126. The van der Waals surface area contributed by atoms with Gasteiger partial charge >= 0.3 is 18.0 Å². The van der Waals surface area contributed by atoms with E-state index in [9.17, 15) is 19.5 Å². The molecule has 0 aliphatic carbocycles. The molecule has 1 atom stereocenters. The zero-order valence-electron chi connectivity index (χ0n) is 12.2. The summed E-state index contributed by atoms with van der Waals surface area (Å²) in [6, 6.07) is 5.19. The van der Waals surface area contributed by atoms with E-state index in [4.69, 9.17) is 0 Å². The number of rotatable bonds is 4. The van der Waals surface area contributed by atoms with Crippen LogP contribution in [0.4, 0.5) is 9.59 Å². The Balaban J connectivity index is 1.75. The lowest BCUT2D eigenvalue weighted by molar-refractivity contribution is -0.139. The molecule has 0 unspecified atom stereocenters. The molecule has 0 spiro atoms. The summed E-state index contributed by atoms with van der Waals surface area (Å²) in [7, 11) is 0. The van der Waals surface area contributed by atoms with E-state index in [0.717, 1.165) is 21.4 Å². The van der Waals surface area contributed by atoms with Crippen LogP contribution in [0.1, 0.15) is 5.56 Å². The third-order valence-corrected chi connectivity index (χ3v) is 3.80. The zero-order chi connectivity index (χ0) is 16.4. The van der Waals surface area contributed by atoms with Gasteiger partial charge in [0.15, 0.2) is 0 Å². The molecule has 2 aromatic rings. The highest BCUT2D eigenvalue weighted by molar-refractivity contribution is 5.96. The number of aliphatic carboxylic acids is 1. The summed E-state index contributed by atoms with van der Waals surface area (Å²) in [4.78, 5) is 39.0. The van der Waals surface area contributed by atoms with Crippen LogP contribution in [0.15, 0.2) is 30.5 Å². The Kier molecular flexibility index (Phi) is 3.88. The van der Waals surface area contributed by atoms with Crippen molar-refractivity contribution in [2.75, 3.05) is 13.1 Å². The number of urea groups is 2. The van der Waals surface area contributed by atoms with Crippen LogP contribution in [-0.4, -0.2) is 52.2 Å². The zero-order valence-corrected chi connectivity index (χ0v) is 12.2. The number of nitrogens with one attached hydrogen (secondary N) is 3. The van der Waals surface area contributed by atoms with Crippen molar-refractivity contribution in [2.45, 2.75) is 12.5 Å². The lowest BCUT2D eigenvalue weighted by Crippen LogP contribution is -2.49. The molecule has 4 N–H and O–H groups in total. The maximum Gasteiger partial charge on any atom is 0.326 e. The van der Waals surface area contributed by atoms with Gasteiger partial charge in [0.2, 0.25) is 0 Å². The molecular formula is C15H16N4O4. The minimum Gasteiger partial charge on any atom is -0.480 e. The standard InChI is InChI=1S/C15H16N4O4/c20-13(21)12(18-15(23)19-6-5-16-14(19)22)7-9-8-17-11-4-2-1-3-10(9)11/h1-4,8,12,17H,5-7H2,(H,16,22)(H,18,23)(H,20,21)/t12-/m1/s1. The first kappa shape index (κ1) is 14.9. The van der Waals surface area contributed by atoms with E-state index in [0.29, 0.717) is 6.54 Å². The summed E-state index contributed by atoms with van der Waals surface area (Å²) in [5, 5.41) is 15.2. The molecule has 1 aliphatic rings. The fourth-order valence-corrected chi connectivity index (χ4v) is 2.61. The van der Waals surface area contributed by atoms with E-state index in [2.05, 4.69) is 15.6 Å². The Bertz CT molecular complexity index is 770. The van der Waals surface area contributed by atoms with Crippen LogP contribution < -0.4 is 10.6 Å². The highest BCUT2D eigenvalue weighted by Gasteiger charge is 2.30. The fourth-order valence-electron chi connectivity index (χ4n) is 2.61. The molecule has 1 aliphatic heterocycles. The molecular weight excluding hydrogens is 300 g/mol. The number of imide groups is 1. The molecule has 0 saturated carbocycles. The normalized spacial score (nSPS) is 15.5. The molecule has 8 nitrogen and oxygen atoms in total. The first-order valence-corrected chi connectivity index (χ1v) is 7.20. The molecule has 1 aromatic heterocycles. The number of carbonyl (C=O) groups is 3. The van der Waals surface area contributed by atoms with Crippen molar-refractivity contribution in [3.8, 4) is 0 Å². The van der Waals surface area contributed by atoms with Crippen molar-refractivity contribution in [1.29, 1.82) is 0 Å². The number of nitrogens with zero attached hydrogens (tertiary/aromatic N) is 1. The number of aromatic amines is 1. The minimum atomic E-state index is -1.15. The lowest BCUT2D eigenvalue weighted by atomic mass is 10.1. The van der Waals surface area contributed by atoms with Crippen molar-refractivity contribution in [1.82, 2.24) is 20.5 Å². The SMILES string of the molecule is O=C(O)[C@@H](Cc1c[nH]c2ccccc12)NC(=O)N1CCNC1=O. The van der Waals surface area contributed by atoms with E-state index in [1.807, 2.05) is 24.3 Å². The Morgan fingerprint density at radius 3 is 2.83 bits per heavy atom. The first-order chi connectivity index (χ1) is 11.1. The van der Waals surface area contributed by atoms with Crippen LogP contribution >= 0.6 is 0 Å². The fraction of sp³-hybridized carbons (Fsp3) is 0.267. The average molecular weight is 316 g/mol. The average Bonchev–Trinajstić information content (AvgIpc) is 3.13. The second kappa shape index (κ2) is 5.99. The van der Waals surface area contributed by atoms with Crippen LogP contribution in [0.3, 0.4) is 0 Å². The molecule has 120 valence electrons. The van der Waals surface area contributed by atoms with Gasteiger partial charge in [-0.2, -0.15) is 0 Å². The molecule has 8 heteroatoms. The Hall–Kier alpha value is -3.03. The number of aromatic nitrogens is 1. The van der Waals surface area contributed by atoms with Crippen LogP contribution in [0, 0.1) is 0 Å². The summed E-state index contributed by atoms with van der Waals surface area (Å²) in [5.74, 6) is -1.15. The van der Waals surface area contributed by atoms with Gasteiger partial charge in [-0.05, 0) is 11.6 Å². The molecule has 0 bridgehead atoms. The van der Waals surface area contributed by atoms with E-state index in [-0.39, 0.29) is 13.0 Å². The van der Waals surface area contributed by atoms with Gasteiger partial charge in [0.25, 0.3) is 0 Å². The van der Waals surface area contributed by atoms with Crippen molar-refractivity contribution in [2.24, 2.45) is 0 Å². The number of fused-ring (bicyclic) bond motifs is 1. The quantitative estimate of drug-likeness (QED) is 0.671. The van der Waals surface area contributed by atoms with Crippen LogP contribution in [-0.2, 0) is 11.2 Å². The summed E-state index contributed by atoms with van der Waals surface area (Å²) >= 11 is 0. The number of benzene rings is 1. The van der Waals surface area contributed by atoms with E-state index < -0.39 is 24.1 Å². The molecule has 0 radical (unpaired) electrons. The summed E-state index contributed by atoms with van der Waals surface area (Å²) in [6.45, 7) is 0.594. The van der Waals surface area contributed by atoms with Gasteiger partial charge in [0, 0.05) is 36.6 Å². The van der Waals surface area contributed by atoms with Crippen molar-refractivity contribution < 1.29 is 19.5 Å². The number of H-pyrrole nitrogens is 1. The van der Waals surface area contributed by atoms with Crippen molar-refractivity contribution in [3.05, 3.63) is 36.0 Å². The monoisotopic (exact) mass is 316 g/mol.